The summed E-state index contributed by atoms with van der Waals surface area (Å²) in [4.78, 5) is 12.1. The highest BCUT2D eigenvalue weighted by Crippen LogP contribution is 2.22. The second-order valence-electron chi connectivity index (χ2n) is 5.94. The van der Waals surface area contributed by atoms with Crippen molar-refractivity contribution in [2.24, 2.45) is 0 Å². The zero-order chi connectivity index (χ0) is 14.6. The van der Waals surface area contributed by atoms with Gasteiger partial charge in [-0.1, -0.05) is 81.4 Å². The molecular formula is C19H20O. The molecule has 0 saturated carbocycles. The van der Waals surface area contributed by atoms with E-state index in [-0.39, 0.29) is 11.2 Å². The van der Waals surface area contributed by atoms with Crippen LogP contribution in [-0.4, -0.2) is 5.78 Å². The molecule has 0 heterocycles. The van der Waals surface area contributed by atoms with E-state index < -0.39 is 0 Å². The van der Waals surface area contributed by atoms with Crippen molar-refractivity contribution in [2.45, 2.75) is 26.2 Å². The Balaban J connectivity index is 2.12. The van der Waals surface area contributed by atoms with Gasteiger partial charge in [-0.15, -0.1) is 0 Å². The average molecular weight is 264 g/mol. The Kier molecular flexibility index (Phi) is 4.19. The van der Waals surface area contributed by atoms with E-state index in [1.807, 2.05) is 60.7 Å². The second-order valence-corrected chi connectivity index (χ2v) is 5.94. The highest BCUT2D eigenvalue weighted by Gasteiger charge is 2.13. The van der Waals surface area contributed by atoms with Crippen molar-refractivity contribution in [2.75, 3.05) is 0 Å². The molecule has 0 saturated heterocycles. The standard InChI is InChI=1S/C19H20O/c1-19(2,3)17-12-10-16(11-13-17)18(20)14-9-15-7-5-4-6-8-15/h4-14H,1-3H3/b14-9+. The predicted octanol–water partition coefficient (Wildman–Crippen LogP) is 4.88. The summed E-state index contributed by atoms with van der Waals surface area (Å²) in [6, 6.07) is 17.7. The number of allylic oxidation sites excluding steroid dienone is 1. The summed E-state index contributed by atoms with van der Waals surface area (Å²) in [7, 11) is 0. The van der Waals surface area contributed by atoms with Gasteiger partial charge in [-0.05, 0) is 22.6 Å². The van der Waals surface area contributed by atoms with Gasteiger partial charge in [0.1, 0.15) is 0 Å². The molecule has 2 aromatic carbocycles. The number of carbonyl (C=O) groups is 1. The van der Waals surface area contributed by atoms with Crippen LogP contribution in [0, 0.1) is 0 Å². The van der Waals surface area contributed by atoms with Gasteiger partial charge in [0.25, 0.3) is 0 Å². The maximum Gasteiger partial charge on any atom is 0.185 e. The summed E-state index contributed by atoms with van der Waals surface area (Å²) in [6.07, 6.45) is 3.47. The zero-order valence-corrected chi connectivity index (χ0v) is 12.3. The third-order valence-electron chi connectivity index (χ3n) is 3.26. The molecule has 0 aliphatic carbocycles. The van der Waals surface area contributed by atoms with E-state index in [1.165, 1.54) is 5.56 Å². The molecule has 20 heavy (non-hydrogen) atoms. The molecule has 0 fully saturated rings. The molecule has 2 aromatic rings. The van der Waals surface area contributed by atoms with Crippen molar-refractivity contribution in [1.29, 1.82) is 0 Å². The molecule has 0 aromatic heterocycles. The first kappa shape index (κ1) is 14.3. The van der Waals surface area contributed by atoms with Crippen LogP contribution < -0.4 is 0 Å². The van der Waals surface area contributed by atoms with Crippen molar-refractivity contribution in [3.05, 3.63) is 77.4 Å². The molecule has 0 atom stereocenters. The van der Waals surface area contributed by atoms with Crippen LogP contribution in [0.2, 0.25) is 0 Å². The molecule has 1 heteroatoms. The SMILES string of the molecule is CC(C)(C)c1ccc(C(=O)/C=C/c2ccccc2)cc1. The second kappa shape index (κ2) is 5.87. The molecule has 0 radical (unpaired) electrons. The summed E-state index contributed by atoms with van der Waals surface area (Å²) < 4.78 is 0. The maximum atomic E-state index is 12.1. The van der Waals surface area contributed by atoms with Crippen LogP contribution in [0.4, 0.5) is 0 Å². The lowest BCUT2D eigenvalue weighted by Gasteiger charge is -2.18. The fourth-order valence-corrected chi connectivity index (χ4v) is 1.97. The van der Waals surface area contributed by atoms with Crippen molar-refractivity contribution in [1.82, 2.24) is 0 Å². The molecule has 102 valence electrons. The van der Waals surface area contributed by atoms with E-state index >= 15 is 0 Å². The number of hydrogen-bond acceptors (Lipinski definition) is 1. The number of carbonyl (C=O) groups excluding carboxylic acids is 1. The minimum atomic E-state index is 0.0364. The van der Waals surface area contributed by atoms with E-state index in [1.54, 1.807) is 6.08 Å². The third kappa shape index (κ3) is 3.67. The molecule has 0 spiro atoms. The topological polar surface area (TPSA) is 17.1 Å². The van der Waals surface area contributed by atoms with E-state index in [0.717, 1.165) is 11.1 Å². The fraction of sp³-hybridized carbons (Fsp3) is 0.211. The molecular weight excluding hydrogens is 244 g/mol. The molecule has 0 aliphatic heterocycles. The zero-order valence-electron chi connectivity index (χ0n) is 12.3. The molecule has 0 amide bonds. The third-order valence-corrected chi connectivity index (χ3v) is 3.26. The van der Waals surface area contributed by atoms with Crippen LogP contribution in [0.15, 0.2) is 60.7 Å². The summed E-state index contributed by atoms with van der Waals surface area (Å²) in [5.41, 5.74) is 3.11. The van der Waals surface area contributed by atoms with Crippen LogP contribution in [0.1, 0.15) is 42.3 Å². The minimum absolute atomic E-state index is 0.0364. The van der Waals surface area contributed by atoms with Crippen LogP contribution in [0.5, 0.6) is 0 Å². The predicted molar refractivity (Wildman–Crippen MR) is 84.9 cm³/mol. The van der Waals surface area contributed by atoms with Gasteiger partial charge < -0.3 is 0 Å². The Morgan fingerprint density at radius 3 is 2.05 bits per heavy atom. The molecule has 1 nitrogen and oxygen atoms in total. The number of ketones is 1. The first-order valence-electron chi connectivity index (χ1n) is 6.85. The molecule has 0 aliphatic rings. The van der Waals surface area contributed by atoms with Crippen molar-refractivity contribution >= 4 is 11.9 Å². The van der Waals surface area contributed by atoms with Gasteiger partial charge in [-0.2, -0.15) is 0 Å². The van der Waals surface area contributed by atoms with Crippen molar-refractivity contribution in [3.63, 3.8) is 0 Å². The maximum absolute atomic E-state index is 12.1. The van der Waals surface area contributed by atoms with E-state index in [2.05, 4.69) is 20.8 Å². The molecule has 0 bridgehead atoms. The van der Waals surface area contributed by atoms with Gasteiger partial charge in [-0.25, -0.2) is 0 Å². The Morgan fingerprint density at radius 1 is 0.900 bits per heavy atom. The van der Waals surface area contributed by atoms with Gasteiger partial charge in [0.05, 0.1) is 0 Å². The largest absolute Gasteiger partial charge is 0.289 e. The van der Waals surface area contributed by atoms with Gasteiger partial charge in [0.15, 0.2) is 5.78 Å². The van der Waals surface area contributed by atoms with Crippen LogP contribution in [0.3, 0.4) is 0 Å². The molecule has 0 N–H and O–H groups in total. The van der Waals surface area contributed by atoms with Gasteiger partial charge in [0.2, 0.25) is 0 Å². The number of rotatable bonds is 3. The van der Waals surface area contributed by atoms with Crippen LogP contribution >= 0.6 is 0 Å². The smallest absolute Gasteiger partial charge is 0.185 e. The highest BCUT2D eigenvalue weighted by molar-refractivity contribution is 6.06. The van der Waals surface area contributed by atoms with Crippen molar-refractivity contribution in [3.8, 4) is 0 Å². The Hall–Kier alpha value is -2.15. The summed E-state index contributed by atoms with van der Waals surface area (Å²) in [5, 5.41) is 0. The quantitative estimate of drug-likeness (QED) is 0.570. The number of benzene rings is 2. The lowest BCUT2D eigenvalue weighted by Crippen LogP contribution is -2.11. The van der Waals surface area contributed by atoms with Gasteiger partial charge >= 0.3 is 0 Å². The lowest BCUT2D eigenvalue weighted by molar-refractivity contribution is 0.104. The first-order chi connectivity index (χ1) is 9.47. The summed E-state index contributed by atoms with van der Waals surface area (Å²) in [6.45, 7) is 6.50. The first-order valence-corrected chi connectivity index (χ1v) is 6.85. The lowest BCUT2D eigenvalue weighted by atomic mass is 9.86. The number of hydrogen-bond donors (Lipinski definition) is 0. The Morgan fingerprint density at radius 2 is 1.50 bits per heavy atom. The van der Waals surface area contributed by atoms with Gasteiger partial charge in [0, 0.05) is 5.56 Å². The normalized spacial score (nSPS) is 11.8. The fourth-order valence-electron chi connectivity index (χ4n) is 1.97. The Labute approximate surface area is 121 Å². The van der Waals surface area contributed by atoms with Crippen molar-refractivity contribution < 1.29 is 4.79 Å². The highest BCUT2D eigenvalue weighted by atomic mass is 16.1. The van der Waals surface area contributed by atoms with Crippen LogP contribution in [0.25, 0.3) is 6.08 Å². The monoisotopic (exact) mass is 264 g/mol. The van der Waals surface area contributed by atoms with E-state index in [9.17, 15) is 4.79 Å². The summed E-state index contributed by atoms with van der Waals surface area (Å²) >= 11 is 0. The molecule has 0 unspecified atom stereocenters. The average Bonchev–Trinajstić information content (AvgIpc) is 2.45. The van der Waals surface area contributed by atoms with Gasteiger partial charge in [-0.3, -0.25) is 4.79 Å². The van der Waals surface area contributed by atoms with E-state index in [0.29, 0.717) is 0 Å². The van der Waals surface area contributed by atoms with E-state index in [4.69, 9.17) is 0 Å². The molecule has 2 rings (SSSR count). The minimum Gasteiger partial charge on any atom is -0.289 e. The Bertz CT molecular complexity index is 598. The van der Waals surface area contributed by atoms with Crippen LogP contribution in [-0.2, 0) is 5.41 Å². The summed E-state index contributed by atoms with van der Waals surface area (Å²) in [5.74, 6) is 0.0364.